The minimum absolute atomic E-state index is 0.0917. The number of hydrogen-bond donors (Lipinski definition) is 1. The standard InChI is InChI=1S/C18H20N2O3S2/c1-13-10-18(21)19-16-11-15(8-9-17(16)24-13)25(22,23)20(2)12-14-6-4-3-5-7-14/h3-9,11,13H,10,12H2,1-2H3,(H,19,21). The van der Waals surface area contributed by atoms with Gasteiger partial charge in [-0.25, -0.2) is 8.42 Å². The summed E-state index contributed by atoms with van der Waals surface area (Å²) < 4.78 is 27.0. The lowest BCUT2D eigenvalue weighted by molar-refractivity contribution is -0.116. The Hall–Kier alpha value is -1.83. The molecule has 2 aromatic carbocycles. The number of rotatable bonds is 4. The zero-order valence-corrected chi connectivity index (χ0v) is 15.7. The fourth-order valence-electron chi connectivity index (χ4n) is 2.70. The van der Waals surface area contributed by atoms with Crippen LogP contribution in [0, 0.1) is 0 Å². The van der Waals surface area contributed by atoms with E-state index in [0.717, 1.165) is 10.5 Å². The average Bonchev–Trinajstić information content (AvgIpc) is 2.71. The van der Waals surface area contributed by atoms with Gasteiger partial charge in [0.05, 0.1) is 10.6 Å². The van der Waals surface area contributed by atoms with Gasteiger partial charge in [-0.3, -0.25) is 4.79 Å². The van der Waals surface area contributed by atoms with Gasteiger partial charge in [-0.05, 0) is 23.8 Å². The number of benzene rings is 2. The number of nitrogens with zero attached hydrogens (tertiary/aromatic N) is 1. The fraction of sp³-hybridized carbons (Fsp3) is 0.278. The molecule has 3 rings (SSSR count). The Balaban J connectivity index is 1.89. The van der Waals surface area contributed by atoms with Gasteiger partial charge in [-0.2, -0.15) is 4.31 Å². The smallest absolute Gasteiger partial charge is 0.243 e. The lowest BCUT2D eigenvalue weighted by atomic mass is 10.2. The molecule has 1 heterocycles. The maximum absolute atomic E-state index is 12.9. The van der Waals surface area contributed by atoms with Crippen molar-refractivity contribution in [3.63, 3.8) is 0 Å². The van der Waals surface area contributed by atoms with E-state index < -0.39 is 10.0 Å². The topological polar surface area (TPSA) is 66.5 Å². The van der Waals surface area contributed by atoms with Crippen LogP contribution in [0.25, 0.3) is 0 Å². The Kier molecular flexibility index (Phi) is 5.17. The van der Waals surface area contributed by atoms with Crippen molar-refractivity contribution >= 4 is 33.4 Å². The minimum Gasteiger partial charge on any atom is -0.325 e. The Morgan fingerprint density at radius 1 is 1.20 bits per heavy atom. The number of carbonyl (C=O) groups excluding carboxylic acids is 1. The van der Waals surface area contributed by atoms with Crippen LogP contribution < -0.4 is 5.32 Å². The zero-order chi connectivity index (χ0) is 18.0. The summed E-state index contributed by atoms with van der Waals surface area (Å²) in [6.07, 6.45) is 0.412. The highest BCUT2D eigenvalue weighted by atomic mass is 32.2. The molecule has 1 aliphatic rings. The largest absolute Gasteiger partial charge is 0.325 e. The Morgan fingerprint density at radius 2 is 1.92 bits per heavy atom. The maximum atomic E-state index is 12.9. The molecule has 0 aromatic heterocycles. The third-order valence-electron chi connectivity index (χ3n) is 3.98. The van der Waals surface area contributed by atoms with E-state index >= 15 is 0 Å². The highest BCUT2D eigenvalue weighted by molar-refractivity contribution is 8.00. The van der Waals surface area contributed by atoms with Gasteiger partial charge < -0.3 is 5.32 Å². The molecule has 1 atom stereocenters. The van der Waals surface area contributed by atoms with Crippen LogP contribution in [0.1, 0.15) is 18.9 Å². The van der Waals surface area contributed by atoms with Gasteiger partial charge in [0.1, 0.15) is 0 Å². The molecule has 5 nitrogen and oxygen atoms in total. The van der Waals surface area contributed by atoms with Crippen molar-refractivity contribution in [3.8, 4) is 0 Å². The third kappa shape index (κ3) is 4.05. The van der Waals surface area contributed by atoms with Gasteiger partial charge in [0.25, 0.3) is 0 Å². The molecule has 0 fully saturated rings. The summed E-state index contributed by atoms with van der Waals surface area (Å²) in [6, 6.07) is 14.4. The van der Waals surface area contributed by atoms with E-state index in [1.54, 1.807) is 37.0 Å². The first-order valence-electron chi connectivity index (χ1n) is 7.97. The zero-order valence-electron chi connectivity index (χ0n) is 14.1. The molecule has 0 aliphatic carbocycles. The van der Waals surface area contributed by atoms with Crippen LogP contribution in [0.5, 0.6) is 0 Å². The van der Waals surface area contributed by atoms with Crippen molar-refractivity contribution in [2.75, 3.05) is 12.4 Å². The predicted octanol–water partition coefficient (Wildman–Crippen LogP) is 3.33. The van der Waals surface area contributed by atoms with Crippen LogP contribution in [0.2, 0.25) is 0 Å². The van der Waals surface area contributed by atoms with E-state index in [9.17, 15) is 13.2 Å². The maximum Gasteiger partial charge on any atom is 0.243 e. The van der Waals surface area contributed by atoms with Crippen LogP contribution in [-0.4, -0.2) is 30.9 Å². The van der Waals surface area contributed by atoms with E-state index in [1.165, 1.54) is 4.31 Å². The van der Waals surface area contributed by atoms with E-state index in [-0.39, 0.29) is 16.1 Å². The second-order valence-corrected chi connectivity index (χ2v) is 9.61. The SMILES string of the molecule is CC1CC(=O)Nc2cc(S(=O)(=O)N(C)Cc3ccccc3)ccc2S1. The van der Waals surface area contributed by atoms with E-state index in [0.29, 0.717) is 18.7 Å². The number of fused-ring (bicyclic) bond motifs is 1. The summed E-state index contributed by atoms with van der Waals surface area (Å²) in [4.78, 5) is 13.0. The van der Waals surface area contributed by atoms with Crippen molar-refractivity contribution in [3.05, 3.63) is 54.1 Å². The molecule has 132 valence electrons. The van der Waals surface area contributed by atoms with Crippen LogP contribution in [0.4, 0.5) is 5.69 Å². The number of amides is 1. The molecule has 1 amide bonds. The number of carbonyl (C=O) groups is 1. The van der Waals surface area contributed by atoms with Crippen LogP contribution >= 0.6 is 11.8 Å². The van der Waals surface area contributed by atoms with Gasteiger partial charge in [-0.1, -0.05) is 37.3 Å². The first-order valence-corrected chi connectivity index (χ1v) is 10.3. The Labute approximate surface area is 152 Å². The van der Waals surface area contributed by atoms with Crippen molar-refractivity contribution in [1.82, 2.24) is 4.31 Å². The van der Waals surface area contributed by atoms with Gasteiger partial charge in [-0.15, -0.1) is 11.8 Å². The molecule has 1 unspecified atom stereocenters. The van der Waals surface area contributed by atoms with Gasteiger partial charge in [0.15, 0.2) is 0 Å². The Morgan fingerprint density at radius 3 is 2.64 bits per heavy atom. The van der Waals surface area contributed by atoms with Crippen molar-refractivity contribution in [1.29, 1.82) is 0 Å². The minimum atomic E-state index is -3.64. The fourth-order valence-corrected chi connectivity index (χ4v) is 4.93. The number of hydrogen-bond acceptors (Lipinski definition) is 4. The van der Waals surface area contributed by atoms with E-state index in [1.807, 2.05) is 37.3 Å². The second kappa shape index (κ2) is 7.19. The molecule has 1 aliphatic heterocycles. The molecule has 0 radical (unpaired) electrons. The molecule has 1 N–H and O–H groups in total. The number of anilines is 1. The number of sulfonamides is 1. The summed E-state index contributed by atoms with van der Waals surface area (Å²) in [5.41, 5.74) is 1.48. The first kappa shape index (κ1) is 18.0. The van der Waals surface area contributed by atoms with Crippen LogP contribution in [-0.2, 0) is 21.4 Å². The molecular formula is C18H20N2O3S2. The first-order chi connectivity index (χ1) is 11.9. The molecule has 0 bridgehead atoms. The lowest BCUT2D eigenvalue weighted by Gasteiger charge is -2.18. The highest BCUT2D eigenvalue weighted by Crippen LogP contribution is 2.36. The van der Waals surface area contributed by atoms with Crippen molar-refractivity contribution in [2.45, 2.75) is 34.9 Å². The van der Waals surface area contributed by atoms with Crippen molar-refractivity contribution in [2.24, 2.45) is 0 Å². The summed E-state index contributed by atoms with van der Waals surface area (Å²) in [6.45, 7) is 2.27. The van der Waals surface area contributed by atoms with Gasteiger partial charge in [0, 0.05) is 30.2 Å². The number of nitrogens with one attached hydrogen (secondary N) is 1. The molecule has 7 heteroatoms. The molecule has 0 saturated heterocycles. The van der Waals surface area contributed by atoms with Gasteiger partial charge in [0.2, 0.25) is 15.9 Å². The van der Waals surface area contributed by atoms with E-state index in [2.05, 4.69) is 5.32 Å². The summed E-state index contributed by atoms with van der Waals surface area (Å²) >= 11 is 1.58. The third-order valence-corrected chi connectivity index (χ3v) is 6.96. The normalized spacial score (nSPS) is 17.7. The molecule has 2 aromatic rings. The quantitative estimate of drug-likeness (QED) is 0.889. The molecule has 25 heavy (non-hydrogen) atoms. The van der Waals surface area contributed by atoms with Gasteiger partial charge >= 0.3 is 0 Å². The summed E-state index contributed by atoms with van der Waals surface area (Å²) in [7, 11) is -2.08. The van der Waals surface area contributed by atoms with E-state index in [4.69, 9.17) is 0 Å². The lowest BCUT2D eigenvalue weighted by Crippen LogP contribution is -2.26. The predicted molar refractivity (Wildman–Crippen MR) is 100 cm³/mol. The van der Waals surface area contributed by atoms with Crippen molar-refractivity contribution < 1.29 is 13.2 Å². The number of thioether (sulfide) groups is 1. The molecule has 0 saturated carbocycles. The molecular weight excluding hydrogens is 356 g/mol. The van der Waals surface area contributed by atoms with Crippen LogP contribution in [0.15, 0.2) is 58.3 Å². The average molecular weight is 377 g/mol. The summed E-state index contributed by atoms with van der Waals surface area (Å²) in [5.74, 6) is -0.0917. The second-order valence-electron chi connectivity index (χ2n) is 6.09. The monoisotopic (exact) mass is 376 g/mol. The summed E-state index contributed by atoms with van der Waals surface area (Å²) in [5, 5.41) is 2.97. The van der Waals surface area contributed by atoms with Crippen LogP contribution in [0.3, 0.4) is 0 Å². The highest BCUT2D eigenvalue weighted by Gasteiger charge is 2.25. The molecule has 0 spiro atoms. The Bertz CT molecular complexity index is 882.